The smallest absolute Gasteiger partial charge is 0.241 e. The van der Waals surface area contributed by atoms with Crippen LogP contribution in [0.25, 0.3) is 0 Å². The summed E-state index contributed by atoms with van der Waals surface area (Å²) in [5.74, 6) is 1.90. The number of carbonyl (C=O) groups is 1. The topological polar surface area (TPSA) is 84.4 Å². The van der Waals surface area contributed by atoms with E-state index in [0.717, 1.165) is 25.0 Å². The predicted octanol–water partition coefficient (Wildman–Crippen LogP) is 1.01. The zero-order valence-corrected chi connectivity index (χ0v) is 16.6. The molecular weight excluding hydrogens is 348 g/mol. The second-order valence-electron chi connectivity index (χ2n) is 6.51. The molecule has 0 bridgehead atoms. The van der Waals surface area contributed by atoms with E-state index in [9.17, 15) is 4.79 Å². The van der Waals surface area contributed by atoms with E-state index in [1.54, 1.807) is 33.2 Å². The number of hydrogen-bond donors (Lipinski definition) is 2. The monoisotopic (exact) mass is 378 g/mol. The Morgan fingerprint density at radius 3 is 2.67 bits per heavy atom. The van der Waals surface area contributed by atoms with Crippen molar-refractivity contribution in [2.24, 2.45) is 4.99 Å². The van der Waals surface area contributed by atoms with Crippen LogP contribution in [-0.2, 0) is 16.1 Å². The molecule has 1 unspecified atom stereocenters. The van der Waals surface area contributed by atoms with Gasteiger partial charge in [0.05, 0.1) is 33.4 Å². The van der Waals surface area contributed by atoms with Gasteiger partial charge in [-0.25, -0.2) is 4.99 Å². The van der Waals surface area contributed by atoms with Gasteiger partial charge in [-0.1, -0.05) is 6.07 Å². The van der Waals surface area contributed by atoms with Crippen LogP contribution in [0.2, 0.25) is 0 Å². The van der Waals surface area contributed by atoms with Crippen molar-refractivity contribution in [1.82, 2.24) is 15.5 Å². The molecule has 1 aliphatic rings. The van der Waals surface area contributed by atoms with Gasteiger partial charge in [0.1, 0.15) is 0 Å². The van der Waals surface area contributed by atoms with E-state index in [2.05, 4.69) is 15.6 Å². The summed E-state index contributed by atoms with van der Waals surface area (Å²) in [5, 5.41) is 6.35. The highest BCUT2D eigenvalue weighted by atomic mass is 16.5. The quantitative estimate of drug-likeness (QED) is 0.519. The van der Waals surface area contributed by atoms with Crippen LogP contribution in [0.5, 0.6) is 11.5 Å². The number of carbonyl (C=O) groups excluding carboxylic acids is 1. The molecule has 1 heterocycles. The Bertz CT molecular complexity index is 643. The lowest BCUT2D eigenvalue weighted by Crippen LogP contribution is -2.45. The number of hydrogen-bond acceptors (Lipinski definition) is 5. The van der Waals surface area contributed by atoms with Crippen LogP contribution < -0.4 is 20.1 Å². The van der Waals surface area contributed by atoms with Gasteiger partial charge in [0.25, 0.3) is 0 Å². The molecule has 8 nitrogen and oxygen atoms in total. The largest absolute Gasteiger partial charge is 0.493 e. The molecule has 2 N–H and O–H groups in total. The zero-order chi connectivity index (χ0) is 19.6. The van der Waals surface area contributed by atoms with Crippen molar-refractivity contribution in [2.45, 2.75) is 25.5 Å². The third-order valence-corrected chi connectivity index (χ3v) is 4.29. The molecule has 1 atom stereocenters. The number of amides is 1. The third kappa shape index (κ3) is 6.63. The van der Waals surface area contributed by atoms with E-state index in [-0.39, 0.29) is 18.6 Å². The molecule has 8 heteroatoms. The molecule has 27 heavy (non-hydrogen) atoms. The van der Waals surface area contributed by atoms with Gasteiger partial charge in [0.15, 0.2) is 17.5 Å². The summed E-state index contributed by atoms with van der Waals surface area (Å²) in [6, 6.07) is 5.69. The van der Waals surface area contributed by atoms with Crippen molar-refractivity contribution < 1.29 is 19.0 Å². The molecule has 1 aromatic rings. The Labute approximate surface area is 160 Å². The lowest BCUT2D eigenvalue weighted by atomic mass is 10.2. The summed E-state index contributed by atoms with van der Waals surface area (Å²) >= 11 is 0. The summed E-state index contributed by atoms with van der Waals surface area (Å²) in [6.07, 6.45) is 2.30. The Morgan fingerprint density at radius 2 is 2.04 bits per heavy atom. The van der Waals surface area contributed by atoms with Crippen molar-refractivity contribution in [3.63, 3.8) is 0 Å². The molecule has 0 aliphatic carbocycles. The molecule has 0 aromatic heterocycles. The number of nitrogens with one attached hydrogen (secondary N) is 2. The van der Waals surface area contributed by atoms with Crippen molar-refractivity contribution in [2.75, 3.05) is 48.0 Å². The highest BCUT2D eigenvalue weighted by molar-refractivity contribution is 5.86. The minimum atomic E-state index is -0.0206. The van der Waals surface area contributed by atoms with Crippen molar-refractivity contribution >= 4 is 11.9 Å². The van der Waals surface area contributed by atoms with Gasteiger partial charge in [0.2, 0.25) is 5.91 Å². The van der Waals surface area contributed by atoms with Crippen molar-refractivity contribution in [3.05, 3.63) is 23.8 Å². The number of benzene rings is 1. The Balaban J connectivity index is 2.02. The Morgan fingerprint density at radius 1 is 1.26 bits per heavy atom. The van der Waals surface area contributed by atoms with Gasteiger partial charge in [-0.15, -0.1) is 0 Å². The lowest BCUT2D eigenvalue weighted by Gasteiger charge is -2.17. The number of methoxy groups -OCH3 is 2. The minimum absolute atomic E-state index is 0.0206. The first-order chi connectivity index (χ1) is 13.0. The Hall–Kier alpha value is -2.48. The maximum Gasteiger partial charge on any atom is 0.241 e. The van der Waals surface area contributed by atoms with Gasteiger partial charge in [-0.3, -0.25) is 4.79 Å². The van der Waals surface area contributed by atoms with Gasteiger partial charge in [-0.05, 0) is 30.5 Å². The van der Waals surface area contributed by atoms with Crippen LogP contribution in [0.1, 0.15) is 18.4 Å². The van der Waals surface area contributed by atoms with Crippen LogP contribution in [0.4, 0.5) is 0 Å². The molecule has 1 amide bonds. The number of likely N-dealkylation sites (N-methyl/N-ethyl adjacent to an activating group) is 1. The third-order valence-electron chi connectivity index (χ3n) is 4.29. The molecule has 0 radical (unpaired) electrons. The van der Waals surface area contributed by atoms with E-state index in [0.29, 0.717) is 30.5 Å². The molecule has 1 aliphatic heterocycles. The van der Waals surface area contributed by atoms with Crippen LogP contribution in [0, 0.1) is 0 Å². The van der Waals surface area contributed by atoms with Gasteiger partial charge in [0, 0.05) is 27.2 Å². The SMILES string of the molecule is COc1ccc(CN=C(NCC(=O)N(C)C)NCC2CCCO2)cc1OC. The summed E-state index contributed by atoms with van der Waals surface area (Å²) in [7, 11) is 6.66. The summed E-state index contributed by atoms with van der Waals surface area (Å²) in [4.78, 5) is 18.0. The van der Waals surface area contributed by atoms with E-state index in [1.165, 1.54) is 0 Å². The van der Waals surface area contributed by atoms with Crippen molar-refractivity contribution in [3.8, 4) is 11.5 Å². The second-order valence-corrected chi connectivity index (χ2v) is 6.51. The molecular formula is C19H30N4O4. The Kier molecular flexibility index (Phi) is 8.19. The summed E-state index contributed by atoms with van der Waals surface area (Å²) in [5.41, 5.74) is 0.977. The van der Waals surface area contributed by atoms with Crippen LogP contribution in [0.3, 0.4) is 0 Å². The average Bonchev–Trinajstić information content (AvgIpc) is 3.20. The van der Waals surface area contributed by atoms with Crippen LogP contribution in [-0.4, -0.2) is 70.9 Å². The number of ether oxygens (including phenoxy) is 3. The first kappa shape index (κ1) is 20.8. The normalized spacial score (nSPS) is 16.7. The molecule has 1 aromatic carbocycles. The minimum Gasteiger partial charge on any atom is -0.493 e. The van der Waals surface area contributed by atoms with E-state index in [4.69, 9.17) is 14.2 Å². The number of guanidine groups is 1. The van der Waals surface area contributed by atoms with Crippen LogP contribution >= 0.6 is 0 Å². The zero-order valence-electron chi connectivity index (χ0n) is 16.6. The second kappa shape index (κ2) is 10.6. The number of aliphatic imine (C=N–C) groups is 1. The predicted molar refractivity (Wildman–Crippen MR) is 104 cm³/mol. The van der Waals surface area contributed by atoms with Gasteiger partial charge >= 0.3 is 0 Å². The molecule has 1 fully saturated rings. The summed E-state index contributed by atoms with van der Waals surface area (Å²) in [6.45, 7) is 2.08. The fraction of sp³-hybridized carbons (Fsp3) is 0.579. The molecule has 2 rings (SSSR count). The number of nitrogens with zero attached hydrogens (tertiary/aromatic N) is 2. The summed E-state index contributed by atoms with van der Waals surface area (Å²) < 4.78 is 16.2. The van der Waals surface area contributed by atoms with E-state index < -0.39 is 0 Å². The van der Waals surface area contributed by atoms with Gasteiger partial charge < -0.3 is 29.7 Å². The van der Waals surface area contributed by atoms with Crippen LogP contribution in [0.15, 0.2) is 23.2 Å². The fourth-order valence-corrected chi connectivity index (χ4v) is 2.66. The van der Waals surface area contributed by atoms with Crippen molar-refractivity contribution in [1.29, 1.82) is 0 Å². The van der Waals surface area contributed by atoms with Gasteiger partial charge in [-0.2, -0.15) is 0 Å². The molecule has 0 saturated carbocycles. The highest BCUT2D eigenvalue weighted by Gasteiger charge is 2.16. The maximum absolute atomic E-state index is 11.9. The highest BCUT2D eigenvalue weighted by Crippen LogP contribution is 2.27. The first-order valence-electron chi connectivity index (χ1n) is 9.08. The molecule has 1 saturated heterocycles. The average molecular weight is 378 g/mol. The van der Waals surface area contributed by atoms with E-state index in [1.807, 2.05) is 18.2 Å². The standard InChI is InChI=1S/C19H30N4O4/c1-23(2)18(24)13-22-19(21-12-15-6-5-9-27-15)20-11-14-7-8-16(25-3)17(10-14)26-4/h7-8,10,15H,5-6,9,11-13H2,1-4H3,(H2,20,21,22). The lowest BCUT2D eigenvalue weighted by molar-refractivity contribution is -0.127. The fourth-order valence-electron chi connectivity index (χ4n) is 2.66. The molecule has 0 spiro atoms. The maximum atomic E-state index is 11.9. The first-order valence-corrected chi connectivity index (χ1v) is 9.08. The number of rotatable bonds is 8. The van der Waals surface area contributed by atoms with E-state index >= 15 is 0 Å². The molecule has 150 valence electrons.